The van der Waals surface area contributed by atoms with E-state index in [1.165, 1.54) is 24.4 Å². The molecule has 0 aliphatic carbocycles. The fraction of sp³-hybridized carbons (Fsp3) is 0.100. The van der Waals surface area contributed by atoms with Gasteiger partial charge in [0, 0.05) is 41.8 Å². The maximum atomic E-state index is 15.5. The summed E-state index contributed by atoms with van der Waals surface area (Å²) in [6.07, 6.45) is -0.434. The summed E-state index contributed by atoms with van der Waals surface area (Å²) in [5.41, 5.74) is 8.85. The second-order valence-electron chi connectivity index (χ2n) is 9.42. The molecule has 5 rings (SSSR count). The van der Waals surface area contributed by atoms with Gasteiger partial charge in [0.15, 0.2) is 11.6 Å². The number of nitrogen functional groups attached to an aromatic ring is 1. The van der Waals surface area contributed by atoms with Gasteiger partial charge in [-0.2, -0.15) is 10.2 Å². The molecule has 3 heterocycles. The molecule has 43 heavy (non-hydrogen) atoms. The number of aryl methyl sites for hydroxylation is 1. The standard InChI is InChI=1S/C30H21ClF3N7O2/c1-14(2)29(42)39-17-5-6-18(19(31)11-17)26-23(24-25(41(26)3)16(12-35)13-38-28(24)36)15-4-7-22(20(32)10-15)43-30-37-9-8-21(40-30)27(33)34/h4-11,13,27H,1H2,2-3H3,(H2,36,38)(H,39,42). The predicted octanol–water partition coefficient (Wildman–Crippen LogP) is 7.19. The minimum Gasteiger partial charge on any atom is -0.421 e. The van der Waals surface area contributed by atoms with Crippen LogP contribution in [0.2, 0.25) is 5.02 Å². The smallest absolute Gasteiger partial charge is 0.322 e. The summed E-state index contributed by atoms with van der Waals surface area (Å²) in [7, 11) is 1.70. The van der Waals surface area contributed by atoms with E-state index >= 15 is 4.39 Å². The summed E-state index contributed by atoms with van der Waals surface area (Å²) >= 11 is 6.72. The van der Waals surface area contributed by atoms with Crippen LogP contribution in [0.1, 0.15) is 24.6 Å². The Labute approximate surface area is 248 Å². The zero-order valence-electron chi connectivity index (χ0n) is 22.6. The lowest BCUT2D eigenvalue weighted by molar-refractivity contribution is -0.112. The number of benzene rings is 2. The summed E-state index contributed by atoms with van der Waals surface area (Å²) in [5, 5.41) is 13.2. The molecule has 1 amide bonds. The predicted molar refractivity (Wildman–Crippen MR) is 156 cm³/mol. The highest BCUT2D eigenvalue weighted by Gasteiger charge is 2.25. The molecule has 0 aliphatic rings. The number of carbonyl (C=O) groups excluding carboxylic acids is 1. The van der Waals surface area contributed by atoms with Crippen molar-refractivity contribution in [3.05, 3.63) is 89.1 Å². The molecule has 0 aliphatic heterocycles. The van der Waals surface area contributed by atoms with Gasteiger partial charge in [-0.05, 0) is 48.9 Å². The number of hydrogen-bond donors (Lipinski definition) is 2. The van der Waals surface area contributed by atoms with E-state index < -0.39 is 23.9 Å². The van der Waals surface area contributed by atoms with Crippen molar-refractivity contribution < 1.29 is 22.7 Å². The Kier molecular flexibility index (Phi) is 7.76. The fourth-order valence-electron chi connectivity index (χ4n) is 4.57. The molecule has 0 atom stereocenters. The van der Waals surface area contributed by atoms with E-state index in [9.17, 15) is 18.8 Å². The minimum atomic E-state index is -2.86. The number of alkyl halides is 2. The van der Waals surface area contributed by atoms with Gasteiger partial charge in [-0.15, -0.1) is 0 Å². The van der Waals surface area contributed by atoms with Crippen molar-refractivity contribution in [2.24, 2.45) is 7.05 Å². The summed E-state index contributed by atoms with van der Waals surface area (Å²) in [6, 6.07) is 11.5. The van der Waals surface area contributed by atoms with Gasteiger partial charge in [0.2, 0.25) is 0 Å². The van der Waals surface area contributed by atoms with E-state index in [-0.39, 0.29) is 28.1 Å². The van der Waals surface area contributed by atoms with Crippen molar-refractivity contribution in [1.82, 2.24) is 19.5 Å². The van der Waals surface area contributed by atoms with Crippen molar-refractivity contribution >= 4 is 39.9 Å². The van der Waals surface area contributed by atoms with Crippen LogP contribution in [0.5, 0.6) is 11.8 Å². The van der Waals surface area contributed by atoms with Crippen molar-refractivity contribution in [3.63, 3.8) is 0 Å². The first kappa shape index (κ1) is 29.1. The molecule has 0 fully saturated rings. The van der Waals surface area contributed by atoms with Crippen LogP contribution in [0, 0.1) is 17.1 Å². The Bertz CT molecular complexity index is 1990. The van der Waals surface area contributed by atoms with Gasteiger partial charge >= 0.3 is 6.01 Å². The highest BCUT2D eigenvalue weighted by Crippen LogP contribution is 2.46. The van der Waals surface area contributed by atoms with Crippen LogP contribution in [-0.4, -0.2) is 25.4 Å². The fourth-order valence-corrected chi connectivity index (χ4v) is 4.84. The number of rotatable bonds is 7. The molecule has 0 saturated heterocycles. The zero-order chi connectivity index (χ0) is 31.0. The Balaban J connectivity index is 1.68. The number of amides is 1. The molecule has 9 nitrogen and oxygen atoms in total. The molecular weight excluding hydrogens is 583 g/mol. The normalized spacial score (nSPS) is 11.0. The third-order valence-electron chi connectivity index (χ3n) is 6.53. The monoisotopic (exact) mass is 603 g/mol. The number of pyridine rings is 1. The number of fused-ring (bicyclic) bond motifs is 1. The van der Waals surface area contributed by atoms with Gasteiger partial charge < -0.3 is 20.4 Å². The van der Waals surface area contributed by atoms with Crippen LogP contribution < -0.4 is 15.8 Å². The van der Waals surface area contributed by atoms with Crippen molar-refractivity contribution in [2.45, 2.75) is 13.3 Å². The second kappa shape index (κ2) is 11.5. The Morgan fingerprint density at radius 3 is 2.63 bits per heavy atom. The maximum Gasteiger partial charge on any atom is 0.322 e. The van der Waals surface area contributed by atoms with Crippen LogP contribution in [0.25, 0.3) is 33.3 Å². The number of aromatic nitrogens is 4. The molecule has 2 aromatic carbocycles. The highest BCUT2D eigenvalue weighted by molar-refractivity contribution is 6.34. The highest BCUT2D eigenvalue weighted by atomic mass is 35.5. The van der Waals surface area contributed by atoms with Crippen molar-refractivity contribution in [2.75, 3.05) is 11.1 Å². The molecule has 3 aromatic heterocycles. The molecule has 216 valence electrons. The molecule has 3 N–H and O–H groups in total. The minimum absolute atomic E-state index is 0.0882. The van der Waals surface area contributed by atoms with Gasteiger partial charge in [-0.3, -0.25) is 4.79 Å². The molecule has 0 saturated carbocycles. The number of hydrogen-bond acceptors (Lipinski definition) is 7. The number of nitrogens with zero attached hydrogens (tertiary/aromatic N) is 5. The Morgan fingerprint density at radius 1 is 1.21 bits per heavy atom. The van der Waals surface area contributed by atoms with Gasteiger partial charge in [0.05, 0.1) is 27.2 Å². The van der Waals surface area contributed by atoms with Crippen LogP contribution >= 0.6 is 11.6 Å². The average Bonchev–Trinajstić information content (AvgIpc) is 3.28. The first-order chi connectivity index (χ1) is 20.5. The first-order valence-corrected chi connectivity index (χ1v) is 12.9. The second-order valence-corrected chi connectivity index (χ2v) is 9.82. The lowest BCUT2D eigenvalue weighted by atomic mass is 9.97. The topological polar surface area (TPSA) is 132 Å². The van der Waals surface area contributed by atoms with Crippen molar-refractivity contribution in [3.8, 4) is 40.2 Å². The number of halogens is 4. The van der Waals surface area contributed by atoms with E-state index in [1.807, 2.05) is 0 Å². The van der Waals surface area contributed by atoms with Crippen LogP contribution in [0.4, 0.5) is 24.7 Å². The number of anilines is 2. The molecule has 0 spiro atoms. The number of nitrogens with two attached hydrogens (primary N) is 1. The number of nitriles is 1. The van der Waals surface area contributed by atoms with Crippen molar-refractivity contribution in [1.29, 1.82) is 5.26 Å². The Morgan fingerprint density at radius 2 is 1.98 bits per heavy atom. The van der Waals surface area contributed by atoms with E-state index in [0.29, 0.717) is 44.5 Å². The summed E-state index contributed by atoms with van der Waals surface area (Å²) in [6.45, 7) is 5.19. The van der Waals surface area contributed by atoms with Gasteiger partial charge in [0.25, 0.3) is 12.3 Å². The third kappa shape index (κ3) is 5.45. The van der Waals surface area contributed by atoms with E-state index in [2.05, 4.69) is 32.9 Å². The van der Waals surface area contributed by atoms with E-state index in [1.54, 1.807) is 36.7 Å². The van der Waals surface area contributed by atoms with E-state index in [4.69, 9.17) is 22.1 Å². The van der Waals surface area contributed by atoms with Crippen LogP contribution in [0.15, 0.2) is 67.0 Å². The summed E-state index contributed by atoms with van der Waals surface area (Å²) in [4.78, 5) is 23.7. The number of nitrogens with one attached hydrogen (secondary N) is 1. The molecule has 0 radical (unpaired) electrons. The third-order valence-corrected chi connectivity index (χ3v) is 6.84. The quantitative estimate of drug-likeness (QED) is 0.188. The summed E-state index contributed by atoms with van der Waals surface area (Å²) < 4.78 is 48.6. The largest absolute Gasteiger partial charge is 0.421 e. The SMILES string of the molecule is C=C(C)C(=O)Nc1ccc(-c2c(-c3ccc(Oc4nccc(C(F)F)n4)c(F)c3)c3c(N)ncc(C#N)c3n2C)c(Cl)c1. The lowest BCUT2D eigenvalue weighted by Gasteiger charge is -2.13. The molecule has 0 unspecified atom stereocenters. The van der Waals surface area contributed by atoms with Gasteiger partial charge in [0.1, 0.15) is 17.6 Å². The number of ether oxygens (including phenoxy) is 1. The molecular formula is C30H21ClF3N7O2. The molecule has 0 bridgehead atoms. The zero-order valence-corrected chi connectivity index (χ0v) is 23.4. The summed E-state index contributed by atoms with van der Waals surface area (Å²) in [5.74, 6) is -1.45. The maximum absolute atomic E-state index is 15.5. The number of carbonyl (C=O) groups is 1. The lowest BCUT2D eigenvalue weighted by Crippen LogP contribution is -2.11. The first-order valence-electron chi connectivity index (χ1n) is 12.5. The molecule has 5 aromatic rings. The van der Waals surface area contributed by atoms with E-state index in [0.717, 1.165) is 12.3 Å². The van der Waals surface area contributed by atoms with Crippen LogP contribution in [0.3, 0.4) is 0 Å². The van der Waals surface area contributed by atoms with Gasteiger partial charge in [-0.25, -0.2) is 23.1 Å². The van der Waals surface area contributed by atoms with Crippen LogP contribution in [-0.2, 0) is 11.8 Å². The Hall–Kier alpha value is -5.41. The molecule has 13 heteroatoms. The average molecular weight is 604 g/mol. The van der Waals surface area contributed by atoms with Gasteiger partial charge in [-0.1, -0.05) is 24.2 Å².